The highest BCUT2D eigenvalue weighted by molar-refractivity contribution is 5.92. The number of nitriles is 1. The van der Waals surface area contributed by atoms with Crippen molar-refractivity contribution in [3.63, 3.8) is 0 Å². The highest BCUT2D eigenvalue weighted by Gasteiger charge is 2.25. The molecule has 0 bridgehead atoms. The first-order valence-electron chi connectivity index (χ1n) is 8.21. The molecule has 1 saturated heterocycles. The number of piperazine rings is 1. The van der Waals surface area contributed by atoms with Crippen molar-refractivity contribution in [3.05, 3.63) is 16.9 Å². The predicted octanol–water partition coefficient (Wildman–Crippen LogP) is 1.36. The van der Waals surface area contributed by atoms with Crippen molar-refractivity contribution in [2.24, 2.45) is 0 Å². The second-order valence-electron chi connectivity index (χ2n) is 6.26. The SMILES string of the molecule is COCCN1CCN(CC(=O)Nc2oc(C)c(C)c2C#N)CC1C. The first kappa shape index (κ1) is 18.5. The third kappa shape index (κ3) is 4.35. The van der Waals surface area contributed by atoms with Crippen LogP contribution < -0.4 is 5.32 Å². The van der Waals surface area contributed by atoms with Crippen LogP contribution in [0.1, 0.15) is 23.8 Å². The molecule has 2 heterocycles. The largest absolute Gasteiger partial charge is 0.444 e. The third-order valence-corrected chi connectivity index (χ3v) is 4.55. The number of ether oxygens (including phenoxy) is 1. The van der Waals surface area contributed by atoms with Gasteiger partial charge in [0.15, 0.2) is 0 Å². The summed E-state index contributed by atoms with van der Waals surface area (Å²) in [4.78, 5) is 16.8. The molecule has 7 heteroatoms. The summed E-state index contributed by atoms with van der Waals surface area (Å²) in [7, 11) is 1.71. The van der Waals surface area contributed by atoms with Crippen LogP contribution >= 0.6 is 0 Å². The maximum absolute atomic E-state index is 12.3. The molecule has 1 aliphatic heterocycles. The Hall–Kier alpha value is -1.88. The number of hydrogen-bond acceptors (Lipinski definition) is 6. The van der Waals surface area contributed by atoms with E-state index < -0.39 is 0 Å². The van der Waals surface area contributed by atoms with Crippen molar-refractivity contribution in [3.8, 4) is 6.07 Å². The monoisotopic (exact) mass is 334 g/mol. The Bertz CT molecular complexity index is 620. The molecule has 1 N–H and O–H groups in total. The molecule has 132 valence electrons. The highest BCUT2D eigenvalue weighted by atomic mass is 16.5. The van der Waals surface area contributed by atoms with E-state index in [1.807, 2.05) is 6.92 Å². The average molecular weight is 334 g/mol. The van der Waals surface area contributed by atoms with E-state index in [4.69, 9.17) is 9.15 Å². The number of aryl methyl sites for hydroxylation is 1. The van der Waals surface area contributed by atoms with E-state index in [-0.39, 0.29) is 11.8 Å². The number of nitrogens with one attached hydrogen (secondary N) is 1. The standard InChI is InChI=1S/C17H26N4O3/c1-12-10-20(5-6-21(12)7-8-23-4)11-16(22)19-17-15(9-18)13(2)14(3)24-17/h12H,5-8,10-11H2,1-4H3,(H,19,22). The summed E-state index contributed by atoms with van der Waals surface area (Å²) in [5.74, 6) is 0.754. The molecule has 1 aromatic heterocycles. The van der Waals surface area contributed by atoms with Gasteiger partial charge in [-0.2, -0.15) is 5.26 Å². The summed E-state index contributed by atoms with van der Waals surface area (Å²) in [6.07, 6.45) is 0. The number of furan rings is 1. The van der Waals surface area contributed by atoms with Crippen LogP contribution in [0, 0.1) is 25.2 Å². The molecule has 1 aliphatic rings. The summed E-state index contributed by atoms with van der Waals surface area (Å²) < 4.78 is 10.6. The first-order valence-corrected chi connectivity index (χ1v) is 8.21. The van der Waals surface area contributed by atoms with Crippen molar-refractivity contribution >= 4 is 11.8 Å². The fraction of sp³-hybridized carbons (Fsp3) is 0.647. The number of nitrogens with zero attached hydrogens (tertiary/aromatic N) is 3. The van der Waals surface area contributed by atoms with Crippen LogP contribution in [0.4, 0.5) is 5.88 Å². The van der Waals surface area contributed by atoms with Crippen LogP contribution in [0.2, 0.25) is 0 Å². The number of amides is 1. The van der Waals surface area contributed by atoms with Gasteiger partial charge in [-0.05, 0) is 20.8 Å². The number of methoxy groups -OCH3 is 1. The molecule has 7 nitrogen and oxygen atoms in total. The number of anilines is 1. The minimum Gasteiger partial charge on any atom is -0.444 e. The van der Waals surface area contributed by atoms with Crippen molar-refractivity contribution in [1.29, 1.82) is 5.26 Å². The average Bonchev–Trinajstić information content (AvgIpc) is 2.80. The van der Waals surface area contributed by atoms with E-state index in [1.54, 1.807) is 14.0 Å². The van der Waals surface area contributed by atoms with Gasteiger partial charge in [-0.3, -0.25) is 19.9 Å². The molecule has 1 fully saturated rings. The zero-order valence-electron chi connectivity index (χ0n) is 14.9. The molecule has 1 unspecified atom stereocenters. The molecule has 24 heavy (non-hydrogen) atoms. The molecule has 1 aromatic rings. The van der Waals surface area contributed by atoms with E-state index in [0.717, 1.165) is 38.3 Å². The van der Waals surface area contributed by atoms with Crippen LogP contribution in [0.25, 0.3) is 0 Å². The Kier molecular flexibility index (Phi) is 6.37. The second kappa shape index (κ2) is 8.29. The molecule has 1 atom stereocenters. The third-order valence-electron chi connectivity index (χ3n) is 4.55. The van der Waals surface area contributed by atoms with Crippen LogP contribution in [-0.4, -0.2) is 68.2 Å². The van der Waals surface area contributed by atoms with Crippen LogP contribution in [0.5, 0.6) is 0 Å². The van der Waals surface area contributed by atoms with Gasteiger partial charge >= 0.3 is 0 Å². The van der Waals surface area contributed by atoms with Gasteiger partial charge in [-0.15, -0.1) is 0 Å². The van der Waals surface area contributed by atoms with Crippen molar-refractivity contribution < 1.29 is 13.9 Å². The van der Waals surface area contributed by atoms with E-state index in [9.17, 15) is 10.1 Å². The van der Waals surface area contributed by atoms with Crippen LogP contribution in [0.3, 0.4) is 0 Å². The maximum atomic E-state index is 12.3. The minimum atomic E-state index is -0.155. The normalized spacial score (nSPS) is 19.2. The maximum Gasteiger partial charge on any atom is 0.240 e. The van der Waals surface area contributed by atoms with E-state index in [0.29, 0.717) is 23.9 Å². The zero-order valence-corrected chi connectivity index (χ0v) is 14.9. The Morgan fingerprint density at radius 1 is 1.46 bits per heavy atom. The van der Waals surface area contributed by atoms with Gasteiger partial charge in [0.05, 0.1) is 13.2 Å². The molecule has 0 aliphatic carbocycles. The zero-order chi connectivity index (χ0) is 17.7. The van der Waals surface area contributed by atoms with Gasteiger partial charge in [0, 0.05) is 44.9 Å². The lowest BCUT2D eigenvalue weighted by atomic mass is 10.2. The fourth-order valence-electron chi connectivity index (χ4n) is 2.97. The molecular formula is C17H26N4O3. The van der Waals surface area contributed by atoms with Crippen molar-refractivity contribution in [2.45, 2.75) is 26.8 Å². The van der Waals surface area contributed by atoms with Gasteiger partial charge in [-0.25, -0.2) is 0 Å². The van der Waals surface area contributed by atoms with Crippen molar-refractivity contribution in [2.75, 3.05) is 51.8 Å². The quantitative estimate of drug-likeness (QED) is 0.846. The van der Waals surface area contributed by atoms with Crippen LogP contribution in [0.15, 0.2) is 4.42 Å². The molecule has 0 spiro atoms. The van der Waals surface area contributed by atoms with Gasteiger partial charge in [0.25, 0.3) is 0 Å². The summed E-state index contributed by atoms with van der Waals surface area (Å²) in [6, 6.07) is 2.46. The topological polar surface area (TPSA) is 81.7 Å². The van der Waals surface area contributed by atoms with Gasteiger partial charge in [0.1, 0.15) is 17.4 Å². The number of carbonyl (C=O) groups is 1. The Morgan fingerprint density at radius 2 is 2.21 bits per heavy atom. The number of hydrogen-bond donors (Lipinski definition) is 1. The first-order chi connectivity index (χ1) is 11.5. The highest BCUT2D eigenvalue weighted by Crippen LogP contribution is 2.25. The molecule has 2 rings (SSSR count). The lowest BCUT2D eigenvalue weighted by molar-refractivity contribution is -0.118. The Morgan fingerprint density at radius 3 is 2.83 bits per heavy atom. The molecule has 0 saturated carbocycles. The van der Waals surface area contributed by atoms with E-state index in [1.165, 1.54) is 0 Å². The summed E-state index contributed by atoms with van der Waals surface area (Å²) in [5, 5.41) is 11.9. The summed E-state index contributed by atoms with van der Waals surface area (Å²) >= 11 is 0. The predicted molar refractivity (Wildman–Crippen MR) is 90.9 cm³/mol. The Balaban J connectivity index is 1.88. The van der Waals surface area contributed by atoms with E-state index in [2.05, 4.69) is 28.1 Å². The molecule has 0 aromatic carbocycles. The van der Waals surface area contributed by atoms with E-state index >= 15 is 0 Å². The summed E-state index contributed by atoms with van der Waals surface area (Å²) in [6.45, 7) is 10.3. The molecule has 0 radical (unpaired) electrons. The van der Waals surface area contributed by atoms with Gasteiger partial charge < -0.3 is 9.15 Å². The molecule has 1 amide bonds. The van der Waals surface area contributed by atoms with Crippen LogP contribution in [-0.2, 0) is 9.53 Å². The van der Waals surface area contributed by atoms with Crippen molar-refractivity contribution in [1.82, 2.24) is 9.80 Å². The van der Waals surface area contributed by atoms with Gasteiger partial charge in [-0.1, -0.05) is 0 Å². The van der Waals surface area contributed by atoms with Gasteiger partial charge in [0.2, 0.25) is 11.8 Å². The number of rotatable bonds is 6. The lowest BCUT2D eigenvalue weighted by Gasteiger charge is -2.39. The lowest BCUT2D eigenvalue weighted by Crippen LogP contribution is -2.54. The fourth-order valence-corrected chi connectivity index (χ4v) is 2.97. The second-order valence-corrected chi connectivity index (χ2v) is 6.26. The molecular weight excluding hydrogens is 308 g/mol. The summed E-state index contributed by atoms with van der Waals surface area (Å²) in [5.41, 5.74) is 1.17. The minimum absolute atomic E-state index is 0.155. The smallest absolute Gasteiger partial charge is 0.240 e. The number of carbonyl (C=O) groups excluding carboxylic acids is 1. The Labute approximate surface area is 143 Å².